The van der Waals surface area contributed by atoms with Crippen molar-refractivity contribution in [1.82, 2.24) is 10.3 Å². The summed E-state index contributed by atoms with van der Waals surface area (Å²) in [4.78, 5) is 15.8. The van der Waals surface area contributed by atoms with Gasteiger partial charge in [-0.15, -0.1) is 6.42 Å². The number of nitrogens with zero attached hydrogens (tertiary/aromatic N) is 1. The number of benzene rings is 1. The van der Waals surface area contributed by atoms with Crippen molar-refractivity contribution in [2.24, 2.45) is 0 Å². The van der Waals surface area contributed by atoms with Gasteiger partial charge in [-0.05, 0) is 42.3 Å². The van der Waals surface area contributed by atoms with Crippen LogP contribution in [0.1, 0.15) is 42.1 Å². The van der Waals surface area contributed by atoms with Crippen molar-refractivity contribution in [3.8, 4) is 12.3 Å². The Morgan fingerprint density at radius 3 is 2.66 bits per heavy atom. The van der Waals surface area contributed by atoms with E-state index in [2.05, 4.69) is 26.9 Å². The van der Waals surface area contributed by atoms with Crippen molar-refractivity contribution in [2.75, 3.05) is 24.2 Å². The molecule has 9 heteroatoms. The van der Waals surface area contributed by atoms with E-state index in [0.717, 1.165) is 18.9 Å². The molecule has 0 saturated carbocycles. The lowest BCUT2D eigenvalue weighted by atomic mass is 10.1. The fourth-order valence-corrected chi connectivity index (χ4v) is 2.83. The van der Waals surface area contributed by atoms with Gasteiger partial charge < -0.3 is 16.0 Å². The van der Waals surface area contributed by atoms with Crippen LogP contribution in [-0.2, 0) is 17.5 Å². The Balaban J connectivity index is 2.12. The quantitative estimate of drug-likeness (QED) is 0.223. The van der Waals surface area contributed by atoms with Crippen molar-refractivity contribution >= 4 is 23.5 Å². The lowest BCUT2D eigenvalue weighted by Gasteiger charge is -2.12. The predicted molar refractivity (Wildman–Crippen MR) is 117 cm³/mol. The van der Waals surface area contributed by atoms with E-state index in [-0.39, 0.29) is 18.1 Å². The van der Waals surface area contributed by atoms with Crippen molar-refractivity contribution in [3.63, 3.8) is 0 Å². The normalized spacial score (nSPS) is 11.3. The summed E-state index contributed by atoms with van der Waals surface area (Å²) in [6, 6.07) is 4.94. The number of aromatic nitrogens is 1. The van der Waals surface area contributed by atoms with Crippen LogP contribution in [-0.4, -0.2) is 24.5 Å². The molecular weight excluding hydrogens is 424 g/mol. The van der Waals surface area contributed by atoms with Gasteiger partial charge in [0.2, 0.25) is 5.91 Å². The maximum atomic E-state index is 14.1. The third-order valence-corrected chi connectivity index (χ3v) is 4.48. The lowest BCUT2D eigenvalue weighted by molar-refractivity contribution is -0.141. The maximum absolute atomic E-state index is 14.1. The van der Waals surface area contributed by atoms with E-state index in [1.165, 1.54) is 24.3 Å². The molecule has 0 fully saturated rings. The minimum absolute atomic E-state index is 0.0195. The predicted octanol–water partition coefficient (Wildman–Crippen LogP) is 4.80. The number of pyridine rings is 1. The molecule has 0 saturated heterocycles. The van der Waals surface area contributed by atoms with Gasteiger partial charge in [-0.3, -0.25) is 4.79 Å². The second-order valence-electron chi connectivity index (χ2n) is 6.86. The molecule has 1 amide bonds. The second-order valence-corrected chi connectivity index (χ2v) is 6.86. The van der Waals surface area contributed by atoms with E-state index in [1.54, 1.807) is 13.1 Å². The van der Waals surface area contributed by atoms with Gasteiger partial charge in [0, 0.05) is 31.8 Å². The Labute approximate surface area is 184 Å². The molecule has 0 unspecified atom stereocenters. The lowest BCUT2D eigenvalue weighted by Crippen LogP contribution is -2.20. The summed E-state index contributed by atoms with van der Waals surface area (Å²) in [5.41, 5.74) is 0.304. The molecule has 0 aliphatic rings. The Kier molecular flexibility index (Phi) is 8.64. The van der Waals surface area contributed by atoms with Crippen LogP contribution in [0.15, 0.2) is 30.3 Å². The Morgan fingerprint density at radius 1 is 1.28 bits per heavy atom. The molecule has 2 aromatic rings. The molecule has 1 heterocycles. The molecule has 0 aliphatic carbocycles. The van der Waals surface area contributed by atoms with Gasteiger partial charge >= 0.3 is 6.18 Å². The molecule has 5 nitrogen and oxygen atoms in total. The van der Waals surface area contributed by atoms with Crippen molar-refractivity contribution in [2.45, 2.75) is 32.5 Å². The van der Waals surface area contributed by atoms with E-state index in [4.69, 9.17) is 6.42 Å². The van der Waals surface area contributed by atoms with Crippen LogP contribution < -0.4 is 16.0 Å². The highest BCUT2D eigenvalue weighted by molar-refractivity contribution is 5.92. The number of rotatable bonds is 9. The second kappa shape index (κ2) is 11.2. The van der Waals surface area contributed by atoms with Crippen LogP contribution in [0.25, 0.3) is 6.08 Å². The zero-order valence-corrected chi connectivity index (χ0v) is 17.7. The first kappa shape index (κ1) is 24.7. The van der Waals surface area contributed by atoms with Crippen molar-refractivity contribution in [3.05, 3.63) is 58.5 Å². The molecule has 1 aromatic carbocycles. The first-order valence-corrected chi connectivity index (χ1v) is 9.94. The smallest absolute Gasteiger partial charge is 0.385 e. The summed E-state index contributed by atoms with van der Waals surface area (Å²) in [6.45, 7) is 2.42. The number of nitrogens with one attached hydrogen (secondary N) is 3. The summed E-state index contributed by atoms with van der Waals surface area (Å²) in [5, 5.41) is 8.15. The van der Waals surface area contributed by atoms with Gasteiger partial charge in [0.25, 0.3) is 0 Å². The highest BCUT2D eigenvalue weighted by Crippen LogP contribution is 2.30. The summed E-state index contributed by atoms with van der Waals surface area (Å²) in [5.74, 6) is 1.37. The Bertz CT molecular complexity index is 1030. The number of hydrogen-bond acceptors (Lipinski definition) is 4. The molecule has 2 rings (SSSR count). The molecule has 170 valence electrons. The van der Waals surface area contributed by atoms with Crippen LogP contribution in [0.4, 0.5) is 29.1 Å². The molecule has 0 atom stereocenters. The standard InChI is InChI=1S/C23H24F4N4O/c1-4-6-11-29-22-17(7-9-19(31-22)23(25,26)27)8-10-20(32)30-14-15-12-16(5-2)21(28-3)18(24)13-15/h2,7-10,12-13,28H,4,6,11,14H2,1,3H3,(H,29,31)(H,30,32)/b10-8+. The molecule has 1 aromatic heterocycles. The Morgan fingerprint density at radius 2 is 2.03 bits per heavy atom. The van der Waals surface area contributed by atoms with E-state index < -0.39 is 23.6 Å². The largest absolute Gasteiger partial charge is 0.433 e. The van der Waals surface area contributed by atoms with Crippen LogP contribution >= 0.6 is 0 Å². The van der Waals surface area contributed by atoms with Crippen molar-refractivity contribution < 1.29 is 22.4 Å². The minimum Gasteiger partial charge on any atom is -0.385 e. The van der Waals surface area contributed by atoms with Gasteiger partial charge in [0.1, 0.15) is 17.3 Å². The maximum Gasteiger partial charge on any atom is 0.433 e. The molecule has 0 spiro atoms. The molecular formula is C23H24F4N4O. The van der Waals surface area contributed by atoms with E-state index >= 15 is 0 Å². The van der Waals surface area contributed by atoms with E-state index in [9.17, 15) is 22.4 Å². The number of carbonyl (C=O) groups excluding carboxylic acids is 1. The average molecular weight is 448 g/mol. The number of hydrogen-bond donors (Lipinski definition) is 3. The average Bonchev–Trinajstić information content (AvgIpc) is 2.75. The van der Waals surface area contributed by atoms with Crippen LogP contribution in [0.2, 0.25) is 0 Å². The molecule has 0 bridgehead atoms. The number of halogens is 4. The third kappa shape index (κ3) is 6.74. The first-order chi connectivity index (χ1) is 15.2. The van der Waals surface area contributed by atoms with E-state index in [0.29, 0.717) is 23.2 Å². The number of anilines is 2. The first-order valence-electron chi connectivity index (χ1n) is 9.94. The minimum atomic E-state index is -4.57. The van der Waals surface area contributed by atoms with Gasteiger partial charge in [0.15, 0.2) is 0 Å². The number of carbonyl (C=O) groups is 1. The van der Waals surface area contributed by atoms with Gasteiger partial charge in [0.05, 0.1) is 11.3 Å². The van der Waals surface area contributed by atoms with Crippen LogP contribution in [0, 0.1) is 18.2 Å². The summed E-state index contributed by atoms with van der Waals surface area (Å²) in [6.07, 6.45) is 4.97. The fourth-order valence-electron chi connectivity index (χ4n) is 2.83. The topological polar surface area (TPSA) is 66.0 Å². The molecule has 0 radical (unpaired) electrons. The van der Waals surface area contributed by atoms with Gasteiger partial charge in [-0.1, -0.05) is 19.3 Å². The highest BCUT2D eigenvalue weighted by Gasteiger charge is 2.32. The van der Waals surface area contributed by atoms with Gasteiger partial charge in [-0.25, -0.2) is 9.37 Å². The third-order valence-electron chi connectivity index (χ3n) is 4.48. The number of amides is 1. The monoisotopic (exact) mass is 448 g/mol. The van der Waals surface area contributed by atoms with Crippen LogP contribution in [0.5, 0.6) is 0 Å². The fraction of sp³-hybridized carbons (Fsp3) is 0.304. The number of terminal acetylenes is 1. The SMILES string of the molecule is C#Cc1cc(CNC(=O)/C=C/c2ccc(C(F)(F)F)nc2NCCCC)cc(F)c1NC. The Hall–Kier alpha value is -3.54. The molecule has 3 N–H and O–H groups in total. The van der Waals surface area contributed by atoms with Crippen LogP contribution in [0.3, 0.4) is 0 Å². The van der Waals surface area contributed by atoms with Gasteiger partial charge in [-0.2, -0.15) is 13.2 Å². The van der Waals surface area contributed by atoms with E-state index in [1.807, 2.05) is 6.92 Å². The highest BCUT2D eigenvalue weighted by atomic mass is 19.4. The molecule has 0 aliphatic heterocycles. The molecule has 32 heavy (non-hydrogen) atoms. The number of unbranched alkanes of at least 4 members (excludes halogenated alkanes) is 1. The summed E-state index contributed by atoms with van der Waals surface area (Å²) < 4.78 is 53.0. The van der Waals surface area contributed by atoms with Crippen molar-refractivity contribution in [1.29, 1.82) is 0 Å². The number of alkyl halides is 3. The summed E-state index contributed by atoms with van der Waals surface area (Å²) in [7, 11) is 1.55. The zero-order chi connectivity index (χ0) is 23.7. The summed E-state index contributed by atoms with van der Waals surface area (Å²) >= 11 is 0. The zero-order valence-electron chi connectivity index (χ0n) is 17.7.